The van der Waals surface area contributed by atoms with E-state index in [1.54, 1.807) is 0 Å². The second kappa shape index (κ2) is 9.73. The number of amides is 1. The molecule has 4 N–H and O–H groups in total. The quantitative estimate of drug-likeness (QED) is 0.296. The van der Waals surface area contributed by atoms with Crippen LogP contribution in [0.1, 0.15) is 32.9 Å². The van der Waals surface area contributed by atoms with Crippen molar-refractivity contribution < 1.29 is 9.18 Å². The molecule has 2 heterocycles. The maximum atomic E-state index is 14.2. The van der Waals surface area contributed by atoms with Crippen LogP contribution in [0.3, 0.4) is 0 Å². The van der Waals surface area contributed by atoms with Gasteiger partial charge in [0.2, 0.25) is 0 Å². The Balaban J connectivity index is 1.42. The summed E-state index contributed by atoms with van der Waals surface area (Å²) in [5, 5.41) is 8.30. The number of carbonyl (C=O) groups excluding carboxylic acids is 1. The topological polar surface area (TPSA) is 76.0 Å². The van der Waals surface area contributed by atoms with E-state index in [4.69, 9.17) is 0 Å². The van der Waals surface area contributed by atoms with Gasteiger partial charge in [-0.05, 0) is 69.8 Å². The highest BCUT2D eigenvalue weighted by Gasteiger charge is 2.14. The Morgan fingerprint density at radius 3 is 2.62 bits per heavy atom. The predicted molar refractivity (Wildman–Crippen MR) is 138 cm³/mol. The zero-order valence-electron chi connectivity index (χ0n) is 20.2. The van der Waals surface area contributed by atoms with Crippen molar-refractivity contribution in [1.29, 1.82) is 0 Å². The molecule has 2 aromatic carbocycles. The lowest BCUT2D eigenvalue weighted by Crippen LogP contribution is -2.31. The van der Waals surface area contributed by atoms with Crippen molar-refractivity contribution in [3.63, 3.8) is 0 Å². The molecule has 7 heteroatoms. The molecule has 0 bridgehead atoms. The van der Waals surface area contributed by atoms with Crippen LogP contribution in [-0.4, -0.2) is 54.5 Å². The minimum Gasteiger partial charge on any atom is -0.384 e. The Bertz CT molecular complexity index is 1360. The number of aromatic nitrogens is 2. The average Bonchev–Trinajstić information content (AvgIpc) is 3.37. The number of likely N-dealkylation sites (N-methyl/N-ethyl adjacent to an activating group) is 1. The number of hydrogen-bond acceptors (Lipinski definition) is 3. The van der Waals surface area contributed by atoms with Crippen molar-refractivity contribution in [1.82, 2.24) is 25.5 Å². The summed E-state index contributed by atoms with van der Waals surface area (Å²) in [5.74, 6) is -0.311. The van der Waals surface area contributed by atoms with Crippen molar-refractivity contribution in [3.05, 3.63) is 76.9 Å². The molecule has 0 aliphatic rings. The van der Waals surface area contributed by atoms with Crippen LogP contribution in [0.4, 0.5) is 4.39 Å². The minimum atomic E-state index is -0.226. The van der Waals surface area contributed by atoms with Crippen LogP contribution in [0.15, 0.2) is 43.0 Å². The minimum absolute atomic E-state index is 0.0855. The number of nitrogens with one attached hydrogen (secondary N) is 4. The fourth-order valence-electron chi connectivity index (χ4n) is 4.32. The van der Waals surface area contributed by atoms with Gasteiger partial charge in [0.05, 0.1) is 16.9 Å². The number of nitrogens with zero attached hydrogens (tertiary/aromatic N) is 1. The number of rotatable bonds is 9. The van der Waals surface area contributed by atoms with Gasteiger partial charge in [-0.1, -0.05) is 18.7 Å². The van der Waals surface area contributed by atoms with E-state index >= 15 is 0 Å². The molecule has 0 unspecified atom stereocenters. The number of benzene rings is 2. The molecule has 0 spiro atoms. The molecule has 2 aromatic heterocycles. The molecule has 0 atom stereocenters. The van der Waals surface area contributed by atoms with Crippen molar-refractivity contribution in [2.45, 2.75) is 20.3 Å². The molecule has 6 nitrogen and oxygen atoms in total. The van der Waals surface area contributed by atoms with E-state index in [9.17, 15) is 9.18 Å². The molecule has 178 valence electrons. The summed E-state index contributed by atoms with van der Waals surface area (Å²) in [6, 6.07) is 11.0. The van der Waals surface area contributed by atoms with E-state index in [-0.39, 0.29) is 11.7 Å². The van der Waals surface area contributed by atoms with Crippen LogP contribution < -0.4 is 10.6 Å². The van der Waals surface area contributed by atoms with Crippen molar-refractivity contribution in [3.8, 4) is 0 Å². The molecule has 4 rings (SSSR count). The Labute approximate surface area is 199 Å². The number of aryl methyl sites for hydroxylation is 2. The highest BCUT2D eigenvalue weighted by atomic mass is 19.1. The summed E-state index contributed by atoms with van der Waals surface area (Å²) >= 11 is 0. The smallest absolute Gasteiger partial charge is 0.251 e. The first-order chi connectivity index (χ1) is 16.2. The highest BCUT2D eigenvalue weighted by molar-refractivity contribution is 5.98. The fraction of sp³-hybridized carbons (Fsp3) is 0.296. The third-order valence-electron chi connectivity index (χ3n) is 6.20. The van der Waals surface area contributed by atoms with Gasteiger partial charge < -0.3 is 25.5 Å². The monoisotopic (exact) mass is 461 g/mol. The average molecular weight is 462 g/mol. The molecule has 0 saturated heterocycles. The Morgan fingerprint density at radius 1 is 1.06 bits per heavy atom. The lowest BCUT2D eigenvalue weighted by molar-refractivity contribution is 0.0951. The standard InChI is InChI=1S/C27H32FN5O/c1-16-6-9-22(28)26-25(16)21(17(2)31-26)10-11-29-18(3)23-14-19-7-8-20(15-24(19)32-23)27(34)30-12-13-33(4)5/h6-9,14-15,29,31-32H,3,10-13H2,1-2,4-5H3,(H,30,34). The van der Waals surface area contributed by atoms with Gasteiger partial charge in [0.15, 0.2) is 0 Å². The number of hydrogen-bond donors (Lipinski definition) is 4. The molecule has 34 heavy (non-hydrogen) atoms. The van der Waals surface area contributed by atoms with Gasteiger partial charge in [0.1, 0.15) is 5.82 Å². The van der Waals surface area contributed by atoms with Gasteiger partial charge in [0, 0.05) is 47.2 Å². The highest BCUT2D eigenvalue weighted by Crippen LogP contribution is 2.28. The third kappa shape index (κ3) is 4.84. The van der Waals surface area contributed by atoms with Gasteiger partial charge in [-0.25, -0.2) is 4.39 Å². The lowest BCUT2D eigenvalue weighted by atomic mass is 10.0. The van der Waals surface area contributed by atoms with Crippen LogP contribution in [0.25, 0.3) is 27.5 Å². The van der Waals surface area contributed by atoms with E-state index in [1.807, 2.05) is 63.2 Å². The zero-order valence-corrected chi connectivity index (χ0v) is 20.2. The fourth-order valence-corrected chi connectivity index (χ4v) is 4.32. The Morgan fingerprint density at radius 2 is 1.85 bits per heavy atom. The normalized spacial score (nSPS) is 11.5. The van der Waals surface area contributed by atoms with Crippen LogP contribution in [0.5, 0.6) is 0 Å². The van der Waals surface area contributed by atoms with Crippen LogP contribution in [0, 0.1) is 19.7 Å². The first-order valence-electron chi connectivity index (χ1n) is 11.5. The number of carbonyl (C=O) groups is 1. The van der Waals surface area contributed by atoms with Crippen LogP contribution in [0.2, 0.25) is 0 Å². The molecule has 0 aliphatic heterocycles. The van der Waals surface area contributed by atoms with Crippen molar-refractivity contribution >= 4 is 33.4 Å². The Kier molecular flexibility index (Phi) is 6.75. The summed E-state index contributed by atoms with van der Waals surface area (Å²) in [5.41, 5.74) is 6.89. The number of fused-ring (bicyclic) bond motifs is 2. The van der Waals surface area contributed by atoms with E-state index in [2.05, 4.69) is 27.2 Å². The number of aromatic amines is 2. The predicted octanol–water partition coefficient (Wildman–Crippen LogP) is 4.50. The summed E-state index contributed by atoms with van der Waals surface area (Å²) in [7, 11) is 3.95. The molecule has 0 saturated carbocycles. The Hall–Kier alpha value is -3.58. The molecule has 0 fully saturated rings. The maximum absolute atomic E-state index is 14.2. The molecular weight excluding hydrogens is 429 g/mol. The van der Waals surface area contributed by atoms with Gasteiger partial charge >= 0.3 is 0 Å². The molecule has 1 amide bonds. The number of halogens is 1. The maximum Gasteiger partial charge on any atom is 0.251 e. The lowest BCUT2D eigenvalue weighted by Gasteiger charge is -2.10. The van der Waals surface area contributed by atoms with E-state index in [0.29, 0.717) is 24.2 Å². The first kappa shape index (κ1) is 23.6. The van der Waals surface area contributed by atoms with Crippen molar-refractivity contribution in [2.75, 3.05) is 33.7 Å². The third-order valence-corrected chi connectivity index (χ3v) is 6.20. The first-order valence-corrected chi connectivity index (χ1v) is 11.5. The van der Waals surface area contributed by atoms with Crippen LogP contribution >= 0.6 is 0 Å². The summed E-state index contributed by atoms with van der Waals surface area (Å²) in [6.07, 6.45) is 0.743. The molecule has 0 aliphatic carbocycles. The van der Waals surface area contributed by atoms with Gasteiger partial charge in [-0.2, -0.15) is 0 Å². The van der Waals surface area contributed by atoms with E-state index in [1.165, 1.54) is 6.07 Å². The second-order valence-corrected chi connectivity index (χ2v) is 9.04. The number of H-pyrrole nitrogens is 2. The molecule has 4 aromatic rings. The molecular formula is C27H32FN5O. The second-order valence-electron chi connectivity index (χ2n) is 9.04. The largest absolute Gasteiger partial charge is 0.384 e. The molecule has 0 radical (unpaired) electrons. The SMILES string of the molecule is C=C(NCCc1c(C)[nH]c2c(F)ccc(C)c12)c1cc2ccc(C(=O)NCCN(C)C)cc2[nH]1. The summed E-state index contributed by atoms with van der Waals surface area (Å²) in [4.78, 5) is 21.0. The zero-order chi connectivity index (χ0) is 24.4. The van der Waals surface area contributed by atoms with E-state index < -0.39 is 0 Å². The summed E-state index contributed by atoms with van der Waals surface area (Å²) in [6.45, 7) is 10.2. The van der Waals surface area contributed by atoms with Gasteiger partial charge in [0.25, 0.3) is 5.91 Å². The summed E-state index contributed by atoms with van der Waals surface area (Å²) < 4.78 is 14.2. The van der Waals surface area contributed by atoms with E-state index in [0.717, 1.165) is 57.5 Å². The van der Waals surface area contributed by atoms with Gasteiger partial charge in [-0.15, -0.1) is 0 Å². The van der Waals surface area contributed by atoms with Crippen molar-refractivity contribution in [2.24, 2.45) is 0 Å². The van der Waals surface area contributed by atoms with Crippen LogP contribution in [-0.2, 0) is 6.42 Å². The van der Waals surface area contributed by atoms with Gasteiger partial charge in [-0.3, -0.25) is 4.79 Å².